The molecule has 2 heterocycles. The minimum absolute atomic E-state index is 0.301. The highest BCUT2D eigenvalue weighted by atomic mass is 16.5. The van der Waals surface area contributed by atoms with Gasteiger partial charge >= 0.3 is 0 Å². The molecular formula is C42H40O6. The topological polar surface area (TPSA) is 55.4 Å². The highest BCUT2D eigenvalue weighted by Crippen LogP contribution is 2.49. The van der Waals surface area contributed by atoms with Gasteiger partial charge in [0.2, 0.25) is 0 Å². The lowest BCUT2D eigenvalue weighted by molar-refractivity contribution is 0.204. The van der Waals surface area contributed by atoms with Crippen LogP contribution in [0.4, 0.5) is 0 Å². The summed E-state index contributed by atoms with van der Waals surface area (Å²) in [5.41, 5.74) is 3.73. The number of hydrogen-bond acceptors (Lipinski definition) is 6. The monoisotopic (exact) mass is 640 g/mol. The summed E-state index contributed by atoms with van der Waals surface area (Å²) in [5, 5.41) is 6.52. The molecule has 48 heavy (non-hydrogen) atoms. The van der Waals surface area contributed by atoms with Gasteiger partial charge in [-0.3, -0.25) is 0 Å². The summed E-state index contributed by atoms with van der Waals surface area (Å²) in [6.07, 6.45) is 3.91. The third-order valence-electron chi connectivity index (χ3n) is 9.43. The molecule has 8 rings (SSSR count). The standard InChI is InChI=1S/C42H40O6/c1-3-5-19-43-39-33-23-45-37-21-27-13-7-8-14-28(27)22-38(37)46-24-34(33)40(44-20-6-4-2)36-26-48-42-32-18-12-10-16-30(32)29-15-9-11-17-31(29)41(42)47-25-35(36)39/h7-18,21-22H,3-6,19-20,23-26H2,1-2H3. The molecule has 0 radical (unpaired) electrons. The zero-order chi connectivity index (χ0) is 32.5. The molecule has 2 aliphatic heterocycles. The fraction of sp³-hybridized carbons (Fsp3) is 0.286. The van der Waals surface area contributed by atoms with Crippen molar-refractivity contribution in [2.45, 2.75) is 66.0 Å². The summed E-state index contributed by atoms with van der Waals surface area (Å²) >= 11 is 0. The Balaban J connectivity index is 1.29. The van der Waals surface area contributed by atoms with Gasteiger partial charge in [-0.25, -0.2) is 0 Å². The maximum Gasteiger partial charge on any atom is 0.170 e. The molecule has 6 aromatic rings. The summed E-state index contributed by atoms with van der Waals surface area (Å²) in [7, 11) is 0. The van der Waals surface area contributed by atoms with Gasteiger partial charge in [0.1, 0.15) is 37.9 Å². The van der Waals surface area contributed by atoms with Gasteiger partial charge in [-0.1, -0.05) is 99.5 Å². The van der Waals surface area contributed by atoms with Crippen molar-refractivity contribution in [3.63, 3.8) is 0 Å². The maximum atomic E-state index is 6.82. The van der Waals surface area contributed by atoms with Crippen LogP contribution in [0.5, 0.6) is 34.5 Å². The van der Waals surface area contributed by atoms with E-state index in [9.17, 15) is 0 Å². The van der Waals surface area contributed by atoms with Crippen LogP contribution in [0.1, 0.15) is 61.8 Å². The Labute approximate surface area is 281 Å². The summed E-state index contributed by atoms with van der Waals surface area (Å²) < 4.78 is 40.2. The quantitative estimate of drug-likeness (QED) is 0.122. The van der Waals surface area contributed by atoms with E-state index >= 15 is 0 Å². The number of unbranched alkanes of at least 4 members (excludes halogenated alkanes) is 2. The molecule has 0 N–H and O–H groups in total. The Morgan fingerprint density at radius 2 is 0.854 bits per heavy atom. The Kier molecular flexibility index (Phi) is 8.31. The van der Waals surface area contributed by atoms with Crippen molar-refractivity contribution in [2.24, 2.45) is 0 Å². The summed E-state index contributed by atoms with van der Waals surface area (Å²) in [4.78, 5) is 0. The number of benzene rings is 6. The van der Waals surface area contributed by atoms with Crippen molar-refractivity contribution in [3.8, 4) is 34.5 Å². The average Bonchev–Trinajstić information content (AvgIpc) is 3.10. The first-order valence-corrected chi connectivity index (χ1v) is 17.2. The Hall–Kier alpha value is -5.10. The van der Waals surface area contributed by atoms with Crippen molar-refractivity contribution >= 4 is 32.3 Å². The van der Waals surface area contributed by atoms with E-state index in [1.165, 1.54) is 0 Å². The second-order valence-electron chi connectivity index (χ2n) is 12.5. The molecule has 0 amide bonds. The van der Waals surface area contributed by atoms with E-state index in [4.69, 9.17) is 28.4 Å². The van der Waals surface area contributed by atoms with E-state index in [2.05, 4.69) is 74.5 Å². The molecule has 6 nitrogen and oxygen atoms in total. The molecule has 0 saturated carbocycles. The predicted octanol–water partition coefficient (Wildman–Crippen LogP) is 10.4. The van der Waals surface area contributed by atoms with Crippen molar-refractivity contribution in [3.05, 3.63) is 107 Å². The van der Waals surface area contributed by atoms with Gasteiger partial charge in [-0.05, 0) is 46.5 Å². The molecule has 6 aromatic carbocycles. The number of ether oxygens (including phenoxy) is 6. The minimum Gasteiger partial charge on any atom is -0.493 e. The zero-order valence-electron chi connectivity index (χ0n) is 27.6. The van der Waals surface area contributed by atoms with Crippen molar-refractivity contribution in [1.29, 1.82) is 0 Å². The lowest BCUT2D eigenvalue weighted by Gasteiger charge is -2.30. The highest BCUT2D eigenvalue weighted by molar-refractivity contribution is 6.13. The Morgan fingerprint density at radius 1 is 0.479 bits per heavy atom. The maximum absolute atomic E-state index is 6.82. The number of fused-ring (bicyclic) bond motifs is 10. The van der Waals surface area contributed by atoms with E-state index in [1.54, 1.807) is 0 Å². The second-order valence-corrected chi connectivity index (χ2v) is 12.5. The first-order valence-electron chi connectivity index (χ1n) is 17.2. The average molecular weight is 641 g/mol. The van der Waals surface area contributed by atoms with Crippen LogP contribution < -0.4 is 28.4 Å². The van der Waals surface area contributed by atoms with Gasteiger partial charge < -0.3 is 28.4 Å². The SMILES string of the molecule is CCCCOc1c2c(c(OCCCC)c3c1COc1c(c4ccccc4c4ccccc14)OC3)COc1cc3ccccc3cc1OC2. The van der Waals surface area contributed by atoms with Crippen LogP contribution in [-0.2, 0) is 26.4 Å². The zero-order valence-corrected chi connectivity index (χ0v) is 27.6. The first-order chi connectivity index (χ1) is 23.7. The lowest BCUT2D eigenvalue weighted by Crippen LogP contribution is -2.20. The van der Waals surface area contributed by atoms with Crippen molar-refractivity contribution in [1.82, 2.24) is 0 Å². The fourth-order valence-electron chi connectivity index (χ4n) is 6.88. The van der Waals surface area contributed by atoms with Gasteiger partial charge in [0, 0.05) is 33.0 Å². The van der Waals surface area contributed by atoms with Crippen molar-refractivity contribution in [2.75, 3.05) is 13.2 Å². The lowest BCUT2D eigenvalue weighted by atomic mass is 9.94. The van der Waals surface area contributed by atoms with Gasteiger partial charge in [-0.15, -0.1) is 0 Å². The summed E-state index contributed by atoms with van der Waals surface area (Å²) in [6.45, 7) is 6.73. The van der Waals surface area contributed by atoms with E-state index < -0.39 is 0 Å². The molecular weight excluding hydrogens is 600 g/mol. The molecule has 2 aliphatic rings. The predicted molar refractivity (Wildman–Crippen MR) is 190 cm³/mol. The third kappa shape index (κ3) is 5.39. The smallest absolute Gasteiger partial charge is 0.170 e. The Morgan fingerprint density at radius 3 is 1.27 bits per heavy atom. The molecule has 244 valence electrons. The molecule has 0 aliphatic carbocycles. The van der Waals surface area contributed by atoms with Crippen molar-refractivity contribution < 1.29 is 28.4 Å². The van der Waals surface area contributed by atoms with E-state index in [-0.39, 0.29) is 0 Å². The van der Waals surface area contributed by atoms with Gasteiger partial charge in [0.25, 0.3) is 0 Å². The molecule has 6 heteroatoms. The van der Waals surface area contributed by atoms with Crippen LogP contribution in [0, 0.1) is 0 Å². The van der Waals surface area contributed by atoms with Gasteiger partial charge in [0.05, 0.1) is 13.2 Å². The number of rotatable bonds is 8. The van der Waals surface area contributed by atoms with Gasteiger partial charge in [-0.2, -0.15) is 0 Å². The normalized spacial score (nSPS) is 13.6. The Bertz CT molecular complexity index is 1980. The molecule has 0 saturated heterocycles. The molecule has 0 unspecified atom stereocenters. The van der Waals surface area contributed by atoms with E-state index in [0.29, 0.717) is 51.1 Å². The van der Waals surface area contributed by atoms with Crippen LogP contribution in [0.25, 0.3) is 32.3 Å². The molecule has 0 fully saturated rings. The minimum atomic E-state index is 0.301. The van der Waals surface area contributed by atoms with E-state index in [0.717, 1.165) is 103 Å². The van der Waals surface area contributed by atoms with E-state index in [1.807, 2.05) is 24.3 Å². The summed E-state index contributed by atoms with van der Waals surface area (Å²) in [6, 6.07) is 29.1. The largest absolute Gasteiger partial charge is 0.493 e. The van der Waals surface area contributed by atoms with Crippen LogP contribution in [0.2, 0.25) is 0 Å². The summed E-state index contributed by atoms with van der Waals surface area (Å²) in [5.74, 6) is 4.48. The molecule has 0 bridgehead atoms. The fourth-order valence-corrected chi connectivity index (χ4v) is 6.88. The number of hydrogen-bond donors (Lipinski definition) is 0. The molecule has 0 aromatic heterocycles. The molecule has 0 spiro atoms. The van der Waals surface area contributed by atoms with Crippen LogP contribution in [0.15, 0.2) is 84.9 Å². The third-order valence-corrected chi connectivity index (χ3v) is 9.43. The van der Waals surface area contributed by atoms with Gasteiger partial charge in [0.15, 0.2) is 23.0 Å². The second kappa shape index (κ2) is 13.2. The van der Waals surface area contributed by atoms with Crippen LogP contribution in [-0.4, -0.2) is 13.2 Å². The highest BCUT2D eigenvalue weighted by Gasteiger charge is 2.32. The first kappa shape index (κ1) is 30.2. The molecule has 0 atom stereocenters. The van der Waals surface area contributed by atoms with Crippen LogP contribution in [0.3, 0.4) is 0 Å². The van der Waals surface area contributed by atoms with Crippen LogP contribution >= 0.6 is 0 Å².